The van der Waals surface area contributed by atoms with Gasteiger partial charge in [-0.3, -0.25) is 0 Å². The third-order valence-corrected chi connectivity index (χ3v) is 3.77. The zero-order chi connectivity index (χ0) is 15.4. The van der Waals surface area contributed by atoms with Crippen molar-refractivity contribution in [2.45, 2.75) is 27.2 Å². The number of aromatic nitrogens is 2. The molecule has 0 unspecified atom stereocenters. The van der Waals surface area contributed by atoms with Gasteiger partial charge in [0, 0.05) is 17.8 Å². The van der Waals surface area contributed by atoms with E-state index in [-0.39, 0.29) is 5.82 Å². The van der Waals surface area contributed by atoms with Crippen LogP contribution in [0.1, 0.15) is 25.0 Å². The number of halogens is 2. The Bertz CT molecular complexity index is 646. The maximum absolute atomic E-state index is 13.7. The summed E-state index contributed by atoms with van der Waals surface area (Å²) >= 11 is 3.19. The summed E-state index contributed by atoms with van der Waals surface area (Å²) in [5.41, 5.74) is 2.63. The van der Waals surface area contributed by atoms with Crippen molar-refractivity contribution in [3.63, 3.8) is 0 Å². The smallest absolute Gasteiger partial charge is 0.139 e. The van der Waals surface area contributed by atoms with Gasteiger partial charge in [-0.25, -0.2) is 14.4 Å². The predicted octanol–water partition coefficient (Wildman–Crippen LogP) is 4.42. The summed E-state index contributed by atoms with van der Waals surface area (Å²) in [6.45, 7) is 6.77. The quantitative estimate of drug-likeness (QED) is 0.835. The SMILES string of the molecule is CCNc1ncnc(Nc2cc(F)c(Br)cc2C)c1CC. The molecule has 1 aromatic carbocycles. The first-order valence-corrected chi connectivity index (χ1v) is 7.66. The van der Waals surface area contributed by atoms with Crippen molar-refractivity contribution in [1.29, 1.82) is 0 Å². The van der Waals surface area contributed by atoms with Gasteiger partial charge < -0.3 is 10.6 Å². The second-order valence-electron chi connectivity index (χ2n) is 4.64. The number of benzene rings is 1. The normalized spacial score (nSPS) is 10.5. The molecule has 0 fully saturated rings. The zero-order valence-corrected chi connectivity index (χ0v) is 13.9. The molecule has 0 atom stereocenters. The van der Waals surface area contributed by atoms with Gasteiger partial charge in [-0.2, -0.15) is 0 Å². The minimum absolute atomic E-state index is 0.304. The van der Waals surface area contributed by atoms with Crippen LogP contribution in [0.5, 0.6) is 0 Å². The average molecular weight is 353 g/mol. The number of aryl methyl sites for hydroxylation is 1. The highest BCUT2D eigenvalue weighted by Crippen LogP contribution is 2.29. The highest BCUT2D eigenvalue weighted by atomic mass is 79.9. The highest BCUT2D eigenvalue weighted by molar-refractivity contribution is 9.10. The van der Waals surface area contributed by atoms with Crippen LogP contribution in [-0.2, 0) is 6.42 Å². The Morgan fingerprint density at radius 2 is 1.90 bits per heavy atom. The number of nitrogens with zero attached hydrogens (tertiary/aromatic N) is 2. The van der Waals surface area contributed by atoms with Gasteiger partial charge in [-0.15, -0.1) is 0 Å². The van der Waals surface area contributed by atoms with E-state index in [2.05, 4.69) is 36.5 Å². The molecule has 0 aliphatic carbocycles. The van der Waals surface area contributed by atoms with E-state index >= 15 is 0 Å². The van der Waals surface area contributed by atoms with Crippen LogP contribution in [0.2, 0.25) is 0 Å². The molecule has 0 amide bonds. The lowest BCUT2D eigenvalue weighted by Crippen LogP contribution is -2.08. The molecular formula is C15H18BrFN4. The van der Waals surface area contributed by atoms with E-state index in [1.165, 1.54) is 12.4 Å². The fraction of sp³-hybridized carbons (Fsp3) is 0.333. The summed E-state index contributed by atoms with van der Waals surface area (Å²) < 4.78 is 14.2. The number of rotatable bonds is 5. The average Bonchev–Trinajstić information content (AvgIpc) is 2.45. The summed E-state index contributed by atoms with van der Waals surface area (Å²) in [6, 6.07) is 3.21. The predicted molar refractivity (Wildman–Crippen MR) is 87.7 cm³/mol. The molecule has 1 heterocycles. The summed E-state index contributed by atoms with van der Waals surface area (Å²) in [6.07, 6.45) is 2.29. The molecule has 0 bridgehead atoms. The molecule has 2 rings (SSSR count). The first kappa shape index (κ1) is 15.7. The third-order valence-electron chi connectivity index (χ3n) is 3.16. The van der Waals surface area contributed by atoms with Crippen LogP contribution in [0.4, 0.5) is 21.7 Å². The fourth-order valence-corrected chi connectivity index (χ4v) is 2.54. The van der Waals surface area contributed by atoms with Crippen LogP contribution >= 0.6 is 15.9 Å². The van der Waals surface area contributed by atoms with Gasteiger partial charge in [0.25, 0.3) is 0 Å². The van der Waals surface area contributed by atoms with Gasteiger partial charge in [-0.05, 0) is 53.9 Å². The van der Waals surface area contributed by atoms with Gasteiger partial charge in [0.2, 0.25) is 0 Å². The van der Waals surface area contributed by atoms with E-state index in [1.807, 2.05) is 20.8 Å². The molecule has 0 aliphatic rings. The van der Waals surface area contributed by atoms with Crippen LogP contribution < -0.4 is 10.6 Å². The Balaban J connectivity index is 2.40. The second-order valence-corrected chi connectivity index (χ2v) is 5.49. The van der Waals surface area contributed by atoms with Crippen molar-refractivity contribution in [3.05, 3.63) is 39.9 Å². The van der Waals surface area contributed by atoms with Gasteiger partial charge in [-0.1, -0.05) is 6.92 Å². The standard InChI is InChI=1S/C15H18BrFN4/c1-4-10-14(18-5-2)19-8-20-15(10)21-13-7-12(17)11(16)6-9(13)3/h6-8H,4-5H2,1-3H3,(H2,18,19,20,21). The van der Waals surface area contributed by atoms with Crippen molar-refractivity contribution < 1.29 is 4.39 Å². The molecule has 0 radical (unpaired) electrons. The molecule has 0 aliphatic heterocycles. The van der Waals surface area contributed by atoms with Crippen molar-refractivity contribution in [2.75, 3.05) is 17.2 Å². The minimum atomic E-state index is -0.304. The molecule has 6 heteroatoms. The maximum Gasteiger partial charge on any atom is 0.139 e. The molecule has 2 aromatic rings. The second kappa shape index (κ2) is 6.85. The molecule has 2 N–H and O–H groups in total. The van der Waals surface area contributed by atoms with Crippen LogP contribution in [0.25, 0.3) is 0 Å². The number of nitrogens with one attached hydrogen (secondary N) is 2. The van der Waals surface area contributed by atoms with Crippen molar-refractivity contribution >= 4 is 33.3 Å². The lowest BCUT2D eigenvalue weighted by molar-refractivity contribution is 0.621. The minimum Gasteiger partial charge on any atom is -0.370 e. The van der Waals surface area contributed by atoms with E-state index in [9.17, 15) is 4.39 Å². The molecule has 0 saturated carbocycles. The Labute approximate surface area is 132 Å². The van der Waals surface area contributed by atoms with E-state index in [0.717, 1.165) is 29.9 Å². The van der Waals surface area contributed by atoms with E-state index in [1.54, 1.807) is 6.07 Å². The van der Waals surface area contributed by atoms with Crippen molar-refractivity contribution in [3.8, 4) is 0 Å². The van der Waals surface area contributed by atoms with Gasteiger partial charge in [0.1, 0.15) is 23.8 Å². The van der Waals surface area contributed by atoms with Crippen LogP contribution in [0.3, 0.4) is 0 Å². The topological polar surface area (TPSA) is 49.8 Å². The Morgan fingerprint density at radius 3 is 2.57 bits per heavy atom. The molecular weight excluding hydrogens is 335 g/mol. The fourth-order valence-electron chi connectivity index (χ4n) is 2.08. The first-order chi connectivity index (χ1) is 10.1. The first-order valence-electron chi connectivity index (χ1n) is 6.87. The number of hydrogen-bond acceptors (Lipinski definition) is 4. The lowest BCUT2D eigenvalue weighted by atomic mass is 10.1. The summed E-state index contributed by atoms with van der Waals surface area (Å²) in [5.74, 6) is 1.21. The van der Waals surface area contributed by atoms with E-state index < -0.39 is 0 Å². The highest BCUT2D eigenvalue weighted by Gasteiger charge is 2.12. The third kappa shape index (κ3) is 3.50. The number of anilines is 3. The number of hydrogen-bond donors (Lipinski definition) is 2. The van der Waals surface area contributed by atoms with E-state index in [4.69, 9.17) is 0 Å². The van der Waals surface area contributed by atoms with Crippen molar-refractivity contribution in [2.24, 2.45) is 0 Å². The molecule has 4 nitrogen and oxygen atoms in total. The van der Waals surface area contributed by atoms with E-state index in [0.29, 0.717) is 16.0 Å². The van der Waals surface area contributed by atoms with Gasteiger partial charge in [0.05, 0.1) is 4.47 Å². The summed E-state index contributed by atoms with van der Waals surface area (Å²) in [7, 11) is 0. The Morgan fingerprint density at radius 1 is 1.19 bits per heavy atom. The van der Waals surface area contributed by atoms with Gasteiger partial charge in [0.15, 0.2) is 0 Å². The maximum atomic E-state index is 13.7. The monoisotopic (exact) mass is 352 g/mol. The lowest BCUT2D eigenvalue weighted by Gasteiger charge is -2.15. The van der Waals surface area contributed by atoms with Crippen LogP contribution in [0.15, 0.2) is 22.9 Å². The molecule has 0 spiro atoms. The molecule has 0 saturated heterocycles. The molecule has 1 aromatic heterocycles. The van der Waals surface area contributed by atoms with Crippen LogP contribution in [0, 0.1) is 12.7 Å². The molecule has 112 valence electrons. The van der Waals surface area contributed by atoms with Crippen molar-refractivity contribution in [1.82, 2.24) is 9.97 Å². The van der Waals surface area contributed by atoms with Gasteiger partial charge >= 0.3 is 0 Å². The largest absolute Gasteiger partial charge is 0.370 e. The van der Waals surface area contributed by atoms with Crippen LogP contribution in [-0.4, -0.2) is 16.5 Å². The zero-order valence-electron chi connectivity index (χ0n) is 12.3. The summed E-state index contributed by atoms with van der Waals surface area (Å²) in [4.78, 5) is 8.54. The molecule has 21 heavy (non-hydrogen) atoms. The Kier molecular flexibility index (Phi) is 5.12. The Hall–Kier alpha value is -1.69. The summed E-state index contributed by atoms with van der Waals surface area (Å²) in [5, 5.41) is 6.42.